The van der Waals surface area contributed by atoms with Crippen molar-refractivity contribution < 1.29 is 9.90 Å². The number of piperidine rings is 1. The summed E-state index contributed by atoms with van der Waals surface area (Å²) in [6.07, 6.45) is 1.51. The third-order valence-electron chi connectivity index (χ3n) is 3.20. The summed E-state index contributed by atoms with van der Waals surface area (Å²) in [6, 6.07) is 5.64. The van der Waals surface area contributed by atoms with Crippen LogP contribution in [0.2, 0.25) is 0 Å². The van der Waals surface area contributed by atoms with E-state index in [1.165, 1.54) is 0 Å². The van der Waals surface area contributed by atoms with Gasteiger partial charge < -0.3 is 10.0 Å². The molecule has 0 bridgehead atoms. The van der Waals surface area contributed by atoms with Crippen LogP contribution < -0.4 is 4.90 Å². The SMILES string of the molecule is Cc1ccc(C#N)c(N2CCC[C@@H](C(=O)O)C2)n1. The number of carboxylic acid groups (broad SMARTS) is 1. The maximum absolute atomic E-state index is 11.0. The van der Waals surface area contributed by atoms with Gasteiger partial charge in [0.05, 0.1) is 11.5 Å². The molecular weight excluding hydrogens is 230 g/mol. The van der Waals surface area contributed by atoms with E-state index in [0.717, 1.165) is 18.7 Å². The lowest BCUT2D eigenvalue weighted by molar-refractivity contribution is -0.141. The van der Waals surface area contributed by atoms with E-state index in [1.54, 1.807) is 12.1 Å². The van der Waals surface area contributed by atoms with E-state index in [1.807, 2.05) is 11.8 Å². The quantitative estimate of drug-likeness (QED) is 0.855. The van der Waals surface area contributed by atoms with Gasteiger partial charge in [-0.25, -0.2) is 4.98 Å². The van der Waals surface area contributed by atoms with Crippen LogP contribution in [0, 0.1) is 24.2 Å². The minimum atomic E-state index is -0.772. The van der Waals surface area contributed by atoms with Crippen LogP contribution in [0.25, 0.3) is 0 Å². The molecule has 1 aromatic heterocycles. The summed E-state index contributed by atoms with van der Waals surface area (Å²) in [4.78, 5) is 17.3. The van der Waals surface area contributed by atoms with Gasteiger partial charge in [-0.15, -0.1) is 0 Å². The second-order valence-electron chi connectivity index (χ2n) is 4.56. The molecule has 0 saturated carbocycles. The summed E-state index contributed by atoms with van der Waals surface area (Å²) >= 11 is 0. The average molecular weight is 245 g/mol. The Labute approximate surface area is 106 Å². The van der Waals surface area contributed by atoms with E-state index < -0.39 is 5.97 Å². The topological polar surface area (TPSA) is 77.2 Å². The number of anilines is 1. The predicted octanol–water partition coefficient (Wildman–Crippen LogP) is 1.56. The molecule has 1 aliphatic rings. The lowest BCUT2D eigenvalue weighted by atomic mass is 9.98. The van der Waals surface area contributed by atoms with E-state index >= 15 is 0 Å². The second-order valence-corrected chi connectivity index (χ2v) is 4.56. The Kier molecular flexibility index (Phi) is 3.47. The fourth-order valence-corrected chi connectivity index (χ4v) is 2.24. The van der Waals surface area contributed by atoms with Crippen molar-refractivity contribution in [3.8, 4) is 6.07 Å². The van der Waals surface area contributed by atoms with Gasteiger partial charge in [-0.2, -0.15) is 5.26 Å². The molecule has 2 heterocycles. The third-order valence-corrected chi connectivity index (χ3v) is 3.20. The van der Waals surface area contributed by atoms with Crippen LogP contribution in [0.15, 0.2) is 12.1 Å². The molecule has 18 heavy (non-hydrogen) atoms. The summed E-state index contributed by atoms with van der Waals surface area (Å²) in [5.74, 6) is -0.526. The Bertz CT molecular complexity index is 507. The van der Waals surface area contributed by atoms with Crippen molar-refractivity contribution in [2.45, 2.75) is 19.8 Å². The summed E-state index contributed by atoms with van der Waals surface area (Å²) in [7, 11) is 0. The second kappa shape index (κ2) is 5.05. The monoisotopic (exact) mass is 245 g/mol. The molecule has 0 unspecified atom stereocenters. The number of aromatic nitrogens is 1. The number of hydrogen-bond donors (Lipinski definition) is 1. The Hall–Kier alpha value is -2.09. The molecule has 0 radical (unpaired) electrons. The number of nitriles is 1. The normalized spacial score (nSPS) is 19.3. The third kappa shape index (κ3) is 2.43. The maximum Gasteiger partial charge on any atom is 0.308 e. The largest absolute Gasteiger partial charge is 0.481 e. The zero-order chi connectivity index (χ0) is 13.1. The fraction of sp³-hybridized carbons (Fsp3) is 0.462. The number of nitrogens with zero attached hydrogens (tertiary/aromatic N) is 3. The first kappa shape index (κ1) is 12.4. The van der Waals surface area contributed by atoms with Crippen LogP contribution in [-0.4, -0.2) is 29.1 Å². The van der Waals surface area contributed by atoms with Crippen molar-refractivity contribution in [2.24, 2.45) is 5.92 Å². The zero-order valence-corrected chi connectivity index (χ0v) is 10.3. The molecule has 2 rings (SSSR count). The highest BCUT2D eigenvalue weighted by atomic mass is 16.4. The van der Waals surface area contributed by atoms with Crippen molar-refractivity contribution in [3.05, 3.63) is 23.4 Å². The molecule has 1 N–H and O–H groups in total. The number of carbonyl (C=O) groups is 1. The minimum absolute atomic E-state index is 0.368. The van der Waals surface area contributed by atoms with Crippen molar-refractivity contribution in [1.29, 1.82) is 5.26 Å². The average Bonchev–Trinajstić information content (AvgIpc) is 2.39. The fourth-order valence-electron chi connectivity index (χ4n) is 2.24. The molecule has 1 aliphatic heterocycles. The molecule has 0 aliphatic carbocycles. The van der Waals surface area contributed by atoms with Gasteiger partial charge in [0.2, 0.25) is 0 Å². The van der Waals surface area contributed by atoms with E-state index in [2.05, 4.69) is 11.1 Å². The van der Waals surface area contributed by atoms with E-state index in [9.17, 15) is 4.79 Å². The van der Waals surface area contributed by atoms with Crippen LogP contribution in [0.5, 0.6) is 0 Å². The van der Waals surface area contributed by atoms with Gasteiger partial charge >= 0.3 is 5.97 Å². The first-order valence-corrected chi connectivity index (χ1v) is 5.97. The van der Waals surface area contributed by atoms with Gasteiger partial charge in [0.1, 0.15) is 11.9 Å². The zero-order valence-electron chi connectivity index (χ0n) is 10.3. The first-order valence-electron chi connectivity index (χ1n) is 5.97. The van der Waals surface area contributed by atoms with Gasteiger partial charge in [-0.3, -0.25) is 4.79 Å². The minimum Gasteiger partial charge on any atom is -0.481 e. The summed E-state index contributed by atoms with van der Waals surface area (Å²) in [5.41, 5.74) is 1.34. The molecule has 0 spiro atoms. The van der Waals surface area contributed by atoms with Gasteiger partial charge in [0.25, 0.3) is 0 Å². The Morgan fingerprint density at radius 3 is 3.06 bits per heavy atom. The van der Waals surface area contributed by atoms with E-state index in [0.29, 0.717) is 24.3 Å². The Balaban J connectivity index is 2.28. The van der Waals surface area contributed by atoms with Crippen LogP contribution in [-0.2, 0) is 4.79 Å². The lowest BCUT2D eigenvalue weighted by Crippen LogP contribution is -2.39. The molecule has 5 heteroatoms. The number of aliphatic carboxylic acids is 1. The number of hydrogen-bond acceptors (Lipinski definition) is 4. The lowest BCUT2D eigenvalue weighted by Gasteiger charge is -2.32. The molecule has 0 amide bonds. The number of aryl methyl sites for hydroxylation is 1. The Morgan fingerprint density at radius 1 is 1.61 bits per heavy atom. The highest BCUT2D eigenvalue weighted by Crippen LogP contribution is 2.24. The summed E-state index contributed by atoms with van der Waals surface area (Å²) in [6.45, 7) is 3.05. The molecule has 1 atom stereocenters. The van der Waals surface area contributed by atoms with Crippen molar-refractivity contribution in [2.75, 3.05) is 18.0 Å². The van der Waals surface area contributed by atoms with Gasteiger partial charge in [0, 0.05) is 18.8 Å². The van der Waals surface area contributed by atoms with Crippen molar-refractivity contribution in [1.82, 2.24) is 4.98 Å². The summed E-state index contributed by atoms with van der Waals surface area (Å²) < 4.78 is 0. The highest BCUT2D eigenvalue weighted by Gasteiger charge is 2.27. The van der Waals surface area contributed by atoms with Gasteiger partial charge in [-0.1, -0.05) is 0 Å². The first-order chi connectivity index (χ1) is 8.61. The smallest absolute Gasteiger partial charge is 0.308 e. The van der Waals surface area contributed by atoms with E-state index in [4.69, 9.17) is 10.4 Å². The van der Waals surface area contributed by atoms with Gasteiger partial charge in [0.15, 0.2) is 0 Å². The molecule has 94 valence electrons. The Morgan fingerprint density at radius 2 is 2.39 bits per heavy atom. The number of pyridine rings is 1. The molecule has 1 fully saturated rings. The molecule has 5 nitrogen and oxygen atoms in total. The van der Waals surface area contributed by atoms with Crippen LogP contribution in [0.3, 0.4) is 0 Å². The van der Waals surface area contributed by atoms with Crippen molar-refractivity contribution in [3.63, 3.8) is 0 Å². The number of carboxylic acids is 1. The van der Waals surface area contributed by atoms with E-state index in [-0.39, 0.29) is 5.92 Å². The standard InChI is InChI=1S/C13H15N3O2/c1-9-4-5-10(7-14)12(15-9)16-6-2-3-11(8-16)13(17)18/h4-5,11H,2-3,6,8H2,1H3,(H,17,18)/t11-/m1/s1. The molecule has 0 aromatic carbocycles. The molecular formula is C13H15N3O2. The summed E-state index contributed by atoms with van der Waals surface area (Å²) in [5, 5.41) is 18.2. The highest BCUT2D eigenvalue weighted by molar-refractivity contribution is 5.71. The van der Waals surface area contributed by atoms with Crippen molar-refractivity contribution >= 4 is 11.8 Å². The maximum atomic E-state index is 11.0. The predicted molar refractivity (Wildman–Crippen MR) is 66.3 cm³/mol. The van der Waals surface area contributed by atoms with Gasteiger partial charge in [-0.05, 0) is 31.9 Å². The number of rotatable bonds is 2. The molecule has 1 saturated heterocycles. The van der Waals surface area contributed by atoms with Crippen LogP contribution in [0.4, 0.5) is 5.82 Å². The van der Waals surface area contributed by atoms with Crippen LogP contribution >= 0.6 is 0 Å². The van der Waals surface area contributed by atoms with Crippen LogP contribution in [0.1, 0.15) is 24.1 Å². The molecule has 1 aromatic rings.